The molecule has 0 fully saturated rings. The highest BCUT2D eigenvalue weighted by Gasteiger charge is 1.97. The molecule has 3 N–H and O–H groups in total. The average Bonchev–Trinajstić information content (AvgIpc) is 2.91. The van der Waals surface area contributed by atoms with Crippen molar-refractivity contribution >= 4 is 5.82 Å². The topological polar surface area (TPSA) is 55.9 Å². The zero-order chi connectivity index (χ0) is 14.5. The summed E-state index contributed by atoms with van der Waals surface area (Å²) in [5.41, 5.74) is 5.49. The molecule has 0 atom stereocenters. The van der Waals surface area contributed by atoms with Gasteiger partial charge in [0.05, 0.1) is 0 Å². The highest BCUT2D eigenvalue weighted by atomic mass is 15.3. The first-order chi connectivity index (χ1) is 9.86. The SMILES string of the molecule is CCCCCCCCCCNc1ccn(CCCN)n1. The standard InChI is InChI=1S/C16H32N4/c1-2-3-4-5-6-7-8-9-13-18-16-11-15-20(19-16)14-10-12-17/h11,15H,2-10,12-14,17H2,1H3,(H,18,19). The van der Waals surface area contributed by atoms with Crippen molar-refractivity contribution in [3.8, 4) is 0 Å². The van der Waals surface area contributed by atoms with Crippen molar-refractivity contribution < 1.29 is 0 Å². The van der Waals surface area contributed by atoms with Crippen molar-refractivity contribution in [3.63, 3.8) is 0 Å². The van der Waals surface area contributed by atoms with Gasteiger partial charge in [-0.2, -0.15) is 5.10 Å². The summed E-state index contributed by atoms with van der Waals surface area (Å²) in [5.74, 6) is 0.991. The Bertz CT molecular complexity index is 322. The molecule has 1 rings (SSSR count). The molecule has 0 saturated heterocycles. The van der Waals surface area contributed by atoms with Gasteiger partial charge in [-0.25, -0.2) is 0 Å². The van der Waals surface area contributed by atoms with Gasteiger partial charge in [0.2, 0.25) is 0 Å². The van der Waals surface area contributed by atoms with Crippen LogP contribution in [0, 0.1) is 0 Å². The number of hydrogen-bond donors (Lipinski definition) is 2. The van der Waals surface area contributed by atoms with Gasteiger partial charge in [-0.15, -0.1) is 0 Å². The van der Waals surface area contributed by atoms with Gasteiger partial charge in [0.15, 0.2) is 0 Å². The van der Waals surface area contributed by atoms with Crippen LogP contribution in [0.15, 0.2) is 12.3 Å². The molecular weight excluding hydrogens is 248 g/mol. The Labute approximate surface area is 124 Å². The first kappa shape index (κ1) is 17.0. The van der Waals surface area contributed by atoms with E-state index in [1.165, 1.54) is 51.4 Å². The molecule has 1 aromatic rings. The summed E-state index contributed by atoms with van der Waals surface area (Å²) in [7, 11) is 0. The van der Waals surface area contributed by atoms with Crippen LogP contribution in [-0.4, -0.2) is 22.9 Å². The van der Waals surface area contributed by atoms with Crippen LogP contribution in [0.3, 0.4) is 0 Å². The number of nitrogens with one attached hydrogen (secondary N) is 1. The number of nitrogens with zero attached hydrogens (tertiary/aromatic N) is 2. The Hall–Kier alpha value is -1.03. The summed E-state index contributed by atoms with van der Waals surface area (Å²) in [6.07, 6.45) is 13.9. The van der Waals surface area contributed by atoms with Crippen LogP contribution in [-0.2, 0) is 6.54 Å². The third-order valence-electron chi connectivity index (χ3n) is 3.57. The molecular formula is C16H32N4. The van der Waals surface area contributed by atoms with E-state index in [1.54, 1.807) is 0 Å². The summed E-state index contributed by atoms with van der Waals surface area (Å²) in [6, 6.07) is 2.04. The second-order valence-corrected chi connectivity index (χ2v) is 5.51. The Morgan fingerprint density at radius 3 is 2.45 bits per heavy atom. The molecule has 0 aliphatic carbocycles. The fourth-order valence-corrected chi connectivity index (χ4v) is 2.31. The number of nitrogens with two attached hydrogens (primary N) is 1. The second-order valence-electron chi connectivity index (χ2n) is 5.51. The fourth-order valence-electron chi connectivity index (χ4n) is 2.31. The average molecular weight is 280 g/mol. The summed E-state index contributed by atoms with van der Waals surface area (Å²) < 4.78 is 1.96. The van der Waals surface area contributed by atoms with Gasteiger partial charge in [0.25, 0.3) is 0 Å². The molecule has 20 heavy (non-hydrogen) atoms. The van der Waals surface area contributed by atoms with Crippen LogP contribution in [0.25, 0.3) is 0 Å². The molecule has 0 bridgehead atoms. The van der Waals surface area contributed by atoms with Crippen molar-refractivity contribution in [1.29, 1.82) is 0 Å². The van der Waals surface area contributed by atoms with E-state index in [9.17, 15) is 0 Å². The minimum atomic E-state index is 0.723. The number of aromatic nitrogens is 2. The Kier molecular flexibility index (Phi) is 10.0. The van der Waals surface area contributed by atoms with E-state index in [4.69, 9.17) is 5.73 Å². The molecule has 0 aromatic carbocycles. The van der Waals surface area contributed by atoms with Crippen molar-refractivity contribution in [2.75, 3.05) is 18.4 Å². The fraction of sp³-hybridized carbons (Fsp3) is 0.812. The smallest absolute Gasteiger partial charge is 0.147 e. The van der Waals surface area contributed by atoms with E-state index in [2.05, 4.69) is 17.3 Å². The van der Waals surface area contributed by atoms with Crippen molar-refractivity contribution in [1.82, 2.24) is 9.78 Å². The van der Waals surface area contributed by atoms with E-state index in [1.807, 2.05) is 16.9 Å². The lowest BCUT2D eigenvalue weighted by Crippen LogP contribution is -2.07. The van der Waals surface area contributed by atoms with Crippen LogP contribution in [0.4, 0.5) is 5.82 Å². The third-order valence-corrected chi connectivity index (χ3v) is 3.57. The highest BCUT2D eigenvalue weighted by Crippen LogP contribution is 2.09. The van der Waals surface area contributed by atoms with E-state index in [0.29, 0.717) is 0 Å². The summed E-state index contributed by atoms with van der Waals surface area (Å²) >= 11 is 0. The van der Waals surface area contributed by atoms with Gasteiger partial charge in [-0.05, 0) is 19.4 Å². The van der Waals surface area contributed by atoms with Gasteiger partial charge in [0, 0.05) is 25.4 Å². The number of unbranched alkanes of at least 4 members (excludes halogenated alkanes) is 7. The molecule has 0 aliphatic rings. The maximum Gasteiger partial charge on any atom is 0.147 e. The van der Waals surface area contributed by atoms with E-state index in [0.717, 1.165) is 31.9 Å². The molecule has 0 aliphatic heterocycles. The summed E-state index contributed by atoms with van der Waals surface area (Å²) in [6.45, 7) is 4.93. The first-order valence-corrected chi connectivity index (χ1v) is 8.34. The zero-order valence-corrected chi connectivity index (χ0v) is 13.1. The monoisotopic (exact) mass is 280 g/mol. The largest absolute Gasteiger partial charge is 0.369 e. The number of aryl methyl sites for hydroxylation is 1. The predicted molar refractivity (Wildman–Crippen MR) is 87.0 cm³/mol. The van der Waals surface area contributed by atoms with Crippen LogP contribution in [0.1, 0.15) is 64.7 Å². The van der Waals surface area contributed by atoms with Gasteiger partial charge in [-0.1, -0.05) is 51.9 Å². The Morgan fingerprint density at radius 1 is 1.05 bits per heavy atom. The van der Waals surface area contributed by atoms with Crippen LogP contribution in [0.5, 0.6) is 0 Å². The quantitative estimate of drug-likeness (QED) is 0.541. The van der Waals surface area contributed by atoms with E-state index in [-0.39, 0.29) is 0 Å². The minimum absolute atomic E-state index is 0.723. The maximum atomic E-state index is 5.49. The highest BCUT2D eigenvalue weighted by molar-refractivity contribution is 5.31. The molecule has 0 amide bonds. The molecule has 0 saturated carbocycles. The number of hydrogen-bond acceptors (Lipinski definition) is 3. The lowest BCUT2D eigenvalue weighted by atomic mass is 10.1. The second kappa shape index (κ2) is 11.8. The molecule has 4 nitrogen and oxygen atoms in total. The summed E-state index contributed by atoms with van der Waals surface area (Å²) in [4.78, 5) is 0. The van der Waals surface area contributed by atoms with Crippen LogP contribution < -0.4 is 11.1 Å². The predicted octanol–water partition coefficient (Wildman–Crippen LogP) is 3.78. The Morgan fingerprint density at radius 2 is 1.75 bits per heavy atom. The Balaban J connectivity index is 1.94. The van der Waals surface area contributed by atoms with Crippen molar-refractivity contribution in [2.45, 2.75) is 71.3 Å². The molecule has 1 heterocycles. The lowest BCUT2D eigenvalue weighted by Gasteiger charge is -2.04. The van der Waals surface area contributed by atoms with Crippen LogP contribution in [0.2, 0.25) is 0 Å². The molecule has 116 valence electrons. The van der Waals surface area contributed by atoms with Crippen molar-refractivity contribution in [3.05, 3.63) is 12.3 Å². The molecule has 0 unspecified atom stereocenters. The van der Waals surface area contributed by atoms with Crippen LogP contribution >= 0.6 is 0 Å². The zero-order valence-electron chi connectivity index (χ0n) is 13.1. The molecule has 1 aromatic heterocycles. The normalized spacial score (nSPS) is 10.9. The first-order valence-electron chi connectivity index (χ1n) is 8.34. The molecule has 0 spiro atoms. The van der Waals surface area contributed by atoms with Gasteiger partial charge in [-0.3, -0.25) is 4.68 Å². The van der Waals surface area contributed by atoms with Gasteiger partial charge >= 0.3 is 0 Å². The van der Waals surface area contributed by atoms with Crippen molar-refractivity contribution in [2.24, 2.45) is 5.73 Å². The number of anilines is 1. The number of rotatable bonds is 13. The van der Waals surface area contributed by atoms with E-state index >= 15 is 0 Å². The van der Waals surface area contributed by atoms with E-state index < -0.39 is 0 Å². The van der Waals surface area contributed by atoms with Gasteiger partial charge < -0.3 is 11.1 Å². The minimum Gasteiger partial charge on any atom is -0.369 e. The molecule has 0 radical (unpaired) electrons. The third kappa shape index (κ3) is 8.20. The summed E-state index contributed by atoms with van der Waals surface area (Å²) in [5, 5.41) is 7.85. The lowest BCUT2D eigenvalue weighted by molar-refractivity contribution is 0.578. The molecule has 4 heteroatoms. The maximum absolute atomic E-state index is 5.49. The van der Waals surface area contributed by atoms with Gasteiger partial charge in [0.1, 0.15) is 5.82 Å².